The molecule has 1 fully saturated rings. The largest absolute Gasteiger partial charge is 0.339 e. The van der Waals surface area contributed by atoms with Gasteiger partial charge in [-0.15, -0.1) is 0 Å². The van der Waals surface area contributed by atoms with Crippen LogP contribution in [0, 0.1) is 12.8 Å². The minimum Gasteiger partial charge on any atom is -0.339 e. The number of likely N-dealkylation sites (tertiary alicyclic amines) is 1. The van der Waals surface area contributed by atoms with Crippen molar-refractivity contribution < 1.29 is 4.79 Å². The molecule has 7 nitrogen and oxygen atoms in total. The van der Waals surface area contributed by atoms with Gasteiger partial charge in [-0.05, 0) is 56.0 Å². The number of hydrogen-bond donors (Lipinski definition) is 0. The van der Waals surface area contributed by atoms with Gasteiger partial charge in [-0.2, -0.15) is 8.75 Å². The summed E-state index contributed by atoms with van der Waals surface area (Å²) >= 11 is 1.16. The molecule has 1 saturated heterocycles. The summed E-state index contributed by atoms with van der Waals surface area (Å²) in [6.45, 7) is 3.90. The number of aryl methyl sites for hydroxylation is 1. The van der Waals surface area contributed by atoms with E-state index < -0.39 is 0 Å². The molecule has 1 aliphatic heterocycles. The van der Waals surface area contributed by atoms with E-state index in [2.05, 4.69) is 13.7 Å². The minimum atomic E-state index is 0.0155. The zero-order valence-electron chi connectivity index (χ0n) is 16.6. The van der Waals surface area contributed by atoms with E-state index in [1.54, 1.807) is 4.57 Å². The van der Waals surface area contributed by atoms with Crippen molar-refractivity contribution in [2.24, 2.45) is 5.92 Å². The number of carbonyl (C=O) groups is 1. The molecule has 2 aromatic heterocycles. The first-order valence-electron chi connectivity index (χ1n) is 10.1. The van der Waals surface area contributed by atoms with Crippen LogP contribution in [0.25, 0.3) is 21.9 Å². The van der Waals surface area contributed by atoms with Crippen molar-refractivity contribution in [1.29, 1.82) is 0 Å². The summed E-state index contributed by atoms with van der Waals surface area (Å²) in [5.74, 6) is 1.12. The van der Waals surface area contributed by atoms with Crippen molar-refractivity contribution in [2.45, 2.75) is 26.3 Å². The van der Waals surface area contributed by atoms with E-state index in [-0.39, 0.29) is 11.5 Å². The highest BCUT2D eigenvalue weighted by Gasteiger charge is 2.25. The number of piperidine rings is 1. The summed E-state index contributed by atoms with van der Waals surface area (Å²) in [5.41, 5.74) is 2.99. The Bertz CT molecular complexity index is 1300. The number of rotatable bonds is 3. The van der Waals surface area contributed by atoms with Crippen LogP contribution in [0.3, 0.4) is 0 Å². The first-order valence-corrected chi connectivity index (χ1v) is 10.8. The number of amides is 1. The molecule has 4 aromatic rings. The number of carbonyl (C=O) groups excluding carboxylic acids is 1. The third-order valence-corrected chi connectivity index (χ3v) is 6.45. The van der Waals surface area contributed by atoms with Crippen molar-refractivity contribution >= 4 is 39.6 Å². The van der Waals surface area contributed by atoms with Crippen molar-refractivity contribution in [3.8, 4) is 0 Å². The van der Waals surface area contributed by atoms with Gasteiger partial charge in [0.05, 0.1) is 22.6 Å². The maximum atomic E-state index is 12.9. The van der Waals surface area contributed by atoms with Crippen LogP contribution in [-0.2, 0) is 6.54 Å². The molecule has 0 atom stereocenters. The van der Waals surface area contributed by atoms with E-state index in [9.17, 15) is 9.59 Å². The lowest BCUT2D eigenvalue weighted by molar-refractivity contribution is 0.0682. The molecule has 3 heterocycles. The molecule has 30 heavy (non-hydrogen) atoms. The van der Waals surface area contributed by atoms with E-state index in [1.165, 1.54) is 0 Å². The number of hydrogen-bond acceptors (Lipinski definition) is 6. The van der Waals surface area contributed by atoms with Gasteiger partial charge < -0.3 is 4.90 Å². The quantitative estimate of drug-likeness (QED) is 0.509. The summed E-state index contributed by atoms with van der Waals surface area (Å²) < 4.78 is 10.2. The Kier molecular flexibility index (Phi) is 4.78. The normalized spacial score (nSPS) is 15.2. The van der Waals surface area contributed by atoms with Crippen LogP contribution < -0.4 is 5.56 Å². The highest BCUT2D eigenvalue weighted by molar-refractivity contribution is 7.00. The van der Waals surface area contributed by atoms with Crippen LogP contribution in [0.1, 0.15) is 29.0 Å². The summed E-state index contributed by atoms with van der Waals surface area (Å²) in [6.07, 6.45) is 1.73. The van der Waals surface area contributed by atoms with Gasteiger partial charge in [-0.1, -0.05) is 12.1 Å². The molecule has 0 aliphatic carbocycles. The van der Waals surface area contributed by atoms with Gasteiger partial charge in [0, 0.05) is 25.2 Å². The average molecular weight is 420 g/mol. The minimum absolute atomic E-state index is 0.0155. The lowest BCUT2D eigenvalue weighted by atomic mass is 9.96. The molecule has 0 unspecified atom stereocenters. The number of fused-ring (bicyclic) bond motifs is 2. The summed E-state index contributed by atoms with van der Waals surface area (Å²) in [5, 5.41) is 0.655. The van der Waals surface area contributed by atoms with Crippen LogP contribution in [-0.4, -0.2) is 42.2 Å². The number of nitrogens with zero attached hydrogens (tertiary/aromatic N) is 5. The Morgan fingerprint density at radius 3 is 2.67 bits per heavy atom. The Hall–Kier alpha value is -3.13. The molecular weight excluding hydrogens is 398 g/mol. The van der Waals surface area contributed by atoms with Crippen molar-refractivity contribution in [3.63, 3.8) is 0 Å². The van der Waals surface area contributed by atoms with Gasteiger partial charge in [-0.25, -0.2) is 4.98 Å². The molecule has 1 aliphatic rings. The lowest BCUT2D eigenvalue weighted by Gasteiger charge is -2.32. The van der Waals surface area contributed by atoms with Crippen LogP contribution in [0.2, 0.25) is 0 Å². The molecule has 0 N–H and O–H groups in total. The monoisotopic (exact) mass is 419 g/mol. The third kappa shape index (κ3) is 3.37. The maximum Gasteiger partial charge on any atom is 0.261 e. The molecule has 0 radical (unpaired) electrons. The average Bonchev–Trinajstić information content (AvgIpc) is 3.24. The van der Waals surface area contributed by atoms with Crippen LogP contribution in [0.15, 0.2) is 47.3 Å². The SMILES string of the molecule is Cc1nc2ccccc2c(=O)n1CC1CCN(C(=O)c2ccc3nsnc3c2)CC1. The Morgan fingerprint density at radius 1 is 1.07 bits per heavy atom. The molecule has 8 heteroatoms. The second kappa shape index (κ2) is 7.60. The predicted molar refractivity (Wildman–Crippen MR) is 117 cm³/mol. The Morgan fingerprint density at radius 2 is 1.83 bits per heavy atom. The predicted octanol–water partition coefficient (Wildman–Crippen LogP) is 3.26. The fraction of sp³-hybridized carbons (Fsp3) is 0.318. The fourth-order valence-corrected chi connectivity index (χ4v) is 4.69. The smallest absolute Gasteiger partial charge is 0.261 e. The molecule has 1 amide bonds. The van der Waals surface area contributed by atoms with Gasteiger partial charge in [0.25, 0.3) is 11.5 Å². The first kappa shape index (κ1) is 18.9. The molecule has 0 spiro atoms. The van der Waals surface area contributed by atoms with Gasteiger partial charge in [0.15, 0.2) is 0 Å². The third-order valence-electron chi connectivity index (χ3n) is 5.90. The number of para-hydroxylation sites is 1. The summed E-state index contributed by atoms with van der Waals surface area (Å²) in [4.78, 5) is 32.3. The van der Waals surface area contributed by atoms with Crippen LogP contribution in [0.4, 0.5) is 0 Å². The summed E-state index contributed by atoms with van der Waals surface area (Å²) in [7, 11) is 0. The zero-order chi connectivity index (χ0) is 20.7. The van der Waals surface area contributed by atoms with Crippen molar-refractivity contribution in [2.75, 3.05) is 13.1 Å². The van der Waals surface area contributed by atoms with Gasteiger partial charge >= 0.3 is 0 Å². The van der Waals surface area contributed by atoms with E-state index >= 15 is 0 Å². The molecule has 152 valence electrons. The molecule has 0 bridgehead atoms. The number of benzene rings is 2. The topological polar surface area (TPSA) is 81.0 Å². The molecule has 0 saturated carbocycles. The highest BCUT2D eigenvalue weighted by Crippen LogP contribution is 2.22. The van der Waals surface area contributed by atoms with Crippen molar-refractivity contribution in [3.05, 3.63) is 64.2 Å². The van der Waals surface area contributed by atoms with E-state index in [0.29, 0.717) is 36.5 Å². The van der Waals surface area contributed by atoms with Crippen LogP contribution >= 0.6 is 11.7 Å². The highest BCUT2D eigenvalue weighted by atomic mass is 32.1. The standard InChI is InChI=1S/C22H21N5O2S/c1-14-23-18-5-3-2-4-17(18)22(29)27(14)13-15-8-10-26(11-9-15)21(28)16-6-7-19-20(12-16)25-30-24-19/h2-7,12,15H,8-11,13H2,1H3. The zero-order valence-corrected chi connectivity index (χ0v) is 17.4. The Balaban J connectivity index is 1.29. The van der Waals surface area contributed by atoms with Crippen molar-refractivity contribution in [1.82, 2.24) is 23.2 Å². The van der Waals surface area contributed by atoms with E-state index in [0.717, 1.165) is 46.9 Å². The second-order valence-electron chi connectivity index (χ2n) is 7.80. The van der Waals surface area contributed by atoms with Gasteiger partial charge in [0.2, 0.25) is 0 Å². The fourth-order valence-electron chi connectivity index (χ4n) is 4.17. The Labute approximate surface area is 177 Å². The van der Waals surface area contributed by atoms with E-state index in [1.807, 2.05) is 54.3 Å². The van der Waals surface area contributed by atoms with Gasteiger partial charge in [0.1, 0.15) is 16.9 Å². The maximum absolute atomic E-state index is 12.9. The molecule has 5 rings (SSSR count). The summed E-state index contributed by atoms with van der Waals surface area (Å²) in [6, 6.07) is 13.0. The lowest BCUT2D eigenvalue weighted by Crippen LogP contribution is -2.40. The second-order valence-corrected chi connectivity index (χ2v) is 8.32. The number of aromatic nitrogens is 4. The van der Waals surface area contributed by atoms with Crippen LogP contribution in [0.5, 0.6) is 0 Å². The first-order chi connectivity index (χ1) is 14.6. The molecule has 2 aromatic carbocycles. The van der Waals surface area contributed by atoms with E-state index in [4.69, 9.17) is 0 Å². The molecular formula is C22H21N5O2S. The van der Waals surface area contributed by atoms with Gasteiger partial charge in [-0.3, -0.25) is 14.2 Å².